The molecule has 0 atom stereocenters. The lowest BCUT2D eigenvalue weighted by Crippen LogP contribution is -2.12. The van der Waals surface area contributed by atoms with Gasteiger partial charge in [-0.15, -0.1) is 0 Å². The lowest BCUT2D eigenvalue weighted by atomic mass is 10.2. The van der Waals surface area contributed by atoms with Gasteiger partial charge in [0, 0.05) is 25.0 Å². The molecule has 6 heteroatoms. The zero-order valence-corrected chi connectivity index (χ0v) is 12.3. The van der Waals surface area contributed by atoms with Crippen LogP contribution in [0.3, 0.4) is 0 Å². The van der Waals surface area contributed by atoms with Gasteiger partial charge in [-0.1, -0.05) is 30.3 Å². The predicted molar refractivity (Wildman–Crippen MR) is 83.6 cm³/mol. The summed E-state index contributed by atoms with van der Waals surface area (Å²) in [4.78, 5) is 12.1. The van der Waals surface area contributed by atoms with E-state index in [1.807, 2.05) is 43.5 Å². The SMILES string of the molecule is CCn1cc(C(=O)Nc2ccn(Cc3ccccc3)n2)cn1. The van der Waals surface area contributed by atoms with E-state index in [0.29, 0.717) is 17.9 Å². The first-order chi connectivity index (χ1) is 10.7. The van der Waals surface area contributed by atoms with Crippen molar-refractivity contribution in [2.24, 2.45) is 0 Å². The van der Waals surface area contributed by atoms with Crippen molar-refractivity contribution in [3.05, 3.63) is 66.1 Å². The lowest BCUT2D eigenvalue weighted by Gasteiger charge is -2.02. The summed E-state index contributed by atoms with van der Waals surface area (Å²) in [5.74, 6) is 0.329. The molecule has 0 aliphatic heterocycles. The molecule has 0 radical (unpaired) electrons. The smallest absolute Gasteiger partial charge is 0.260 e. The average molecular weight is 295 g/mol. The third-order valence-corrected chi connectivity index (χ3v) is 3.29. The van der Waals surface area contributed by atoms with E-state index in [1.54, 1.807) is 27.8 Å². The standard InChI is InChI=1S/C16H17N5O/c1-2-20-12-14(10-17-20)16(22)18-15-8-9-21(19-15)11-13-6-4-3-5-7-13/h3-10,12H,2,11H2,1H3,(H,18,19,22). The molecule has 0 unspecified atom stereocenters. The first kappa shape index (κ1) is 14.1. The zero-order valence-electron chi connectivity index (χ0n) is 12.3. The van der Waals surface area contributed by atoms with Gasteiger partial charge in [0.2, 0.25) is 0 Å². The fourth-order valence-corrected chi connectivity index (χ4v) is 2.13. The second-order valence-electron chi connectivity index (χ2n) is 4.92. The van der Waals surface area contributed by atoms with Crippen molar-refractivity contribution < 1.29 is 4.79 Å². The molecule has 1 amide bonds. The molecule has 3 aromatic rings. The number of aromatic nitrogens is 4. The Labute approximate surface area is 128 Å². The van der Waals surface area contributed by atoms with E-state index < -0.39 is 0 Å². The Bertz CT molecular complexity index is 760. The number of amides is 1. The topological polar surface area (TPSA) is 64.7 Å². The number of hydrogen-bond donors (Lipinski definition) is 1. The number of benzene rings is 1. The number of anilines is 1. The van der Waals surface area contributed by atoms with Crippen LogP contribution in [-0.2, 0) is 13.1 Å². The van der Waals surface area contributed by atoms with Crippen molar-refractivity contribution in [1.29, 1.82) is 0 Å². The second kappa shape index (κ2) is 6.26. The van der Waals surface area contributed by atoms with Crippen LogP contribution in [-0.4, -0.2) is 25.5 Å². The van der Waals surface area contributed by atoms with Crippen molar-refractivity contribution >= 4 is 11.7 Å². The molecule has 0 aliphatic carbocycles. The lowest BCUT2D eigenvalue weighted by molar-refractivity contribution is 0.102. The molecule has 2 heterocycles. The summed E-state index contributed by atoms with van der Waals surface area (Å²) in [5, 5.41) is 11.2. The molecule has 22 heavy (non-hydrogen) atoms. The van der Waals surface area contributed by atoms with Crippen LogP contribution in [0.25, 0.3) is 0 Å². The van der Waals surface area contributed by atoms with Crippen LogP contribution in [0.1, 0.15) is 22.8 Å². The van der Waals surface area contributed by atoms with E-state index in [1.165, 1.54) is 0 Å². The summed E-state index contributed by atoms with van der Waals surface area (Å²) < 4.78 is 3.50. The molecule has 0 spiro atoms. The van der Waals surface area contributed by atoms with Gasteiger partial charge >= 0.3 is 0 Å². The molecule has 0 saturated carbocycles. The second-order valence-corrected chi connectivity index (χ2v) is 4.92. The highest BCUT2D eigenvalue weighted by Crippen LogP contribution is 2.08. The number of carbonyl (C=O) groups excluding carboxylic acids is 1. The fraction of sp³-hybridized carbons (Fsp3) is 0.188. The van der Waals surface area contributed by atoms with Crippen molar-refractivity contribution in [2.75, 3.05) is 5.32 Å². The first-order valence-electron chi connectivity index (χ1n) is 7.16. The maximum absolute atomic E-state index is 12.1. The number of carbonyl (C=O) groups is 1. The summed E-state index contributed by atoms with van der Waals surface area (Å²) in [6, 6.07) is 11.8. The molecule has 2 aromatic heterocycles. The molecule has 1 aromatic carbocycles. The maximum Gasteiger partial charge on any atom is 0.260 e. The van der Waals surface area contributed by atoms with Gasteiger partial charge in [-0.3, -0.25) is 14.2 Å². The molecule has 0 saturated heterocycles. The van der Waals surface area contributed by atoms with Gasteiger partial charge in [-0.2, -0.15) is 10.2 Å². The van der Waals surface area contributed by atoms with Crippen LogP contribution in [0.5, 0.6) is 0 Å². The van der Waals surface area contributed by atoms with Gasteiger partial charge in [0.05, 0.1) is 18.3 Å². The minimum atomic E-state index is -0.204. The van der Waals surface area contributed by atoms with E-state index in [-0.39, 0.29) is 5.91 Å². The first-order valence-corrected chi connectivity index (χ1v) is 7.16. The third-order valence-electron chi connectivity index (χ3n) is 3.29. The van der Waals surface area contributed by atoms with Gasteiger partial charge in [0.1, 0.15) is 0 Å². The minimum absolute atomic E-state index is 0.204. The Morgan fingerprint density at radius 1 is 1.18 bits per heavy atom. The zero-order chi connectivity index (χ0) is 15.4. The number of nitrogens with one attached hydrogen (secondary N) is 1. The summed E-state index contributed by atoms with van der Waals surface area (Å²) in [6.45, 7) is 3.38. The summed E-state index contributed by atoms with van der Waals surface area (Å²) in [5.41, 5.74) is 1.69. The van der Waals surface area contributed by atoms with Crippen LogP contribution < -0.4 is 5.32 Å². The Kier molecular flexibility index (Phi) is 4.00. The van der Waals surface area contributed by atoms with Crippen LogP contribution in [0.4, 0.5) is 5.82 Å². The number of nitrogens with zero attached hydrogens (tertiary/aromatic N) is 4. The van der Waals surface area contributed by atoms with E-state index in [4.69, 9.17) is 0 Å². The molecular formula is C16H17N5O. The van der Waals surface area contributed by atoms with E-state index in [9.17, 15) is 4.79 Å². The molecule has 0 aliphatic rings. The van der Waals surface area contributed by atoms with Crippen LogP contribution in [0.15, 0.2) is 55.0 Å². The van der Waals surface area contributed by atoms with Crippen molar-refractivity contribution in [3.63, 3.8) is 0 Å². The third kappa shape index (κ3) is 3.22. The minimum Gasteiger partial charge on any atom is -0.305 e. The maximum atomic E-state index is 12.1. The van der Waals surface area contributed by atoms with E-state index >= 15 is 0 Å². The van der Waals surface area contributed by atoms with Crippen LogP contribution >= 0.6 is 0 Å². The summed E-state index contributed by atoms with van der Waals surface area (Å²) >= 11 is 0. The molecule has 0 bridgehead atoms. The Balaban J connectivity index is 1.65. The number of hydrogen-bond acceptors (Lipinski definition) is 3. The van der Waals surface area contributed by atoms with Gasteiger partial charge < -0.3 is 5.32 Å². The molecule has 112 valence electrons. The molecule has 6 nitrogen and oxygen atoms in total. The Morgan fingerprint density at radius 3 is 2.73 bits per heavy atom. The average Bonchev–Trinajstić information content (AvgIpc) is 3.17. The summed E-state index contributed by atoms with van der Waals surface area (Å²) in [6.07, 6.45) is 5.12. The van der Waals surface area contributed by atoms with Gasteiger partial charge in [-0.05, 0) is 12.5 Å². The highest BCUT2D eigenvalue weighted by molar-refractivity contribution is 6.03. The van der Waals surface area contributed by atoms with Crippen molar-refractivity contribution in [1.82, 2.24) is 19.6 Å². The molecule has 1 N–H and O–H groups in total. The van der Waals surface area contributed by atoms with Gasteiger partial charge in [-0.25, -0.2) is 0 Å². The molecule has 0 fully saturated rings. The monoisotopic (exact) mass is 295 g/mol. The number of aryl methyl sites for hydroxylation is 1. The predicted octanol–water partition coefficient (Wildman–Crippen LogP) is 2.40. The highest BCUT2D eigenvalue weighted by Gasteiger charge is 2.10. The van der Waals surface area contributed by atoms with Crippen molar-refractivity contribution in [2.45, 2.75) is 20.0 Å². The van der Waals surface area contributed by atoms with Crippen molar-refractivity contribution in [3.8, 4) is 0 Å². The quantitative estimate of drug-likeness (QED) is 0.786. The largest absolute Gasteiger partial charge is 0.305 e. The number of rotatable bonds is 5. The molecular weight excluding hydrogens is 278 g/mol. The Hall–Kier alpha value is -2.89. The van der Waals surface area contributed by atoms with Gasteiger partial charge in [0.25, 0.3) is 5.91 Å². The normalized spacial score (nSPS) is 10.6. The highest BCUT2D eigenvalue weighted by atomic mass is 16.1. The molecule has 3 rings (SSSR count). The van der Waals surface area contributed by atoms with Crippen LogP contribution in [0, 0.1) is 0 Å². The fourth-order valence-electron chi connectivity index (χ4n) is 2.13. The van der Waals surface area contributed by atoms with Crippen LogP contribution in [0.2, 0.25) is 0 Å². The van der Waals surface area contributed by atoms with Gasteiger partial charge in [0.15, 0.2) is 5.82 Å². The summed E-state index contributed by atoms with van der Waals surface area (Å²) in [7, 11) is 0. The Morgan fingerprint density at radius 2 is 2.00 bits per heavy atom. The van der Waals surface area contributed by atoms with E-state index in [2.05, 4.69) is 15.5 Å². The van der Waals surface area contributed by atoms with E-state index in [0.717, 1.165) is 12.1 Å².